The van der Waals surface area contributed by atoms with Crippen LogP contribution in [0.1, 0.15) is 19.3 Å². The Morgan fingerprint density at radius 1 is 1.25 bits per heavy atom. The molecule has 5 nitrogen and oxygen atoms in total. The molecule has 70 valence electrons. The van der Waals surface area contributed by atoms with Crippen LogP contribution in [0.5, 0.6) is 0 Å². The van der Waals surface area contributed by atoms with Gasteiger partial charge in [0.25, 0.3) is 0 Å². The van der Waals surface area contributed by atoms with Crippen molar-refractivity contribution in [3.63, 3.8) is 0 Å². The smallest absolute Gasteiger partial charge is 0.220 e. The van der Waals surface area contributed by atoms with E-state index in [1.54, 1.807) is 0 Å². The molecule has 0 aliphatic rings. The number of hydrogen-bond acceptors (Lipinski definition) is 3. The second kappa shape index (κ2) is 6.60. The van der Waals surface area contributed by atoms with Gasteiger partial charge in [-0.25, -0.2) is 0 Å². The SMILES string of the molecule is NCCCNC(=O)CCC(N)=O. The van der Waals surface area contributed by atoms with Crippen LogP contribution in [0.25, 0.3) is 0 Å². The highest BCUT2D eigenvalue weighted by molar-refractivity contribution is 5.82. The van der Waals surface area contributed by atoms with Gasteiger partial charge in [0.15, 0.2) is 0 Å². The number of nitrogens with one attached hydrogen (secondary N) is 1. The van der Waals surface area contributed by atoms with Gasteiger partial charge in [0.2, 0.25) is 11.8 Å². The number of amides is 2. The molecule has 0 radical (unpaired) electrons. The van der Waals surface area contributed by atoms with Crippen molar-refractivity contribution in [3.05, 3.63) is 0 Å². The minimum absolute atomic E-state index is 0.106. The Kier molecular flexibility index (Phi) is 6.00. The molecule has 0 aromatic rings. The number of carbonyl (C=O) groups excluding carboxylic acids is 2. The van der Waals surface area contributed by atoms with Crippen LogP contribution in [-0.4, -0.2) is 24.9 Å². The Balaban J connectivity index is 3.28. The standard InChI is InChI=1S/C7H15N3O2/c8-4-1-5-10-7(12)3-2-6(9)11/h1-5,8H2,(H2,9,11)(H,10,12). The Morgan fingerprint density at radius 3 is 2.42 bits per heavy atom. The lowest BCUT2D eigenvalue weighted by molar-refractivity contribution is -0.125. The van der Waals surface area contributed by atoms with Crippen molar-refractivity contribution in [2.24, 2.45) is 11.5 Å². The second-order valence-corrected chi connectivity index (χ2v) is 2.46. The summed E-state index contributed by atoms with van der Waals surface area (Å²) in [6, 6.07) is 0. The molecule has 0 aromatic carbocycles. The highest BCUT2D eigenvalue weighted by Gasteiger charge is 2.01. The fraction of sp³-hybridized carbons (Fsp3) is 0.714. The van der Waals surface area contributed by atoms with Gasteiger partial charge >= 0.3 is 0 Å². The van der Waals surface area contributed by atoms with E-state index in [2.05, 4.69) is 5.32 Å². The Labute approximate surface area is 71.5 Å². The molecular weight excluding hydrogens is 158 g/mol. The third-order valence-electron chi connectivity index (χ3n) is 1.30. The highest BCUT2D eigenvalue weighted by Crippen LogP contribution is 1.86. The monoisotopic (exact) mass is 173 g/mol. The topological polar surface area (TPSA) is 98.2 Å². The first-order chi connectivity index (χ1) is 5.66. The van der Waals surface area contributed by atoms with Gasteiger partial charge in [0, 0.05) is 19.4 Å². The van der Waals surface area contributed by atoms with Gasteiger partial charge in [-0.3, -0.25) is 9.59 Å². The van der Waals surface area contributed by atoms with E-state index in [0.717, 1.165) is 6.42 Å². The first-order valence-electron chi connectivity index (χ1n) is 3.92. The Bertz CT molecular complexity index is 159. The lowest BCUT2D eigenvalue weighted by atomic mass is 10.3. The molecule has 0 unspecified atom stereocenters. The highest BCUT2D eigenvalue weighted by atomic mass is 16.2. The zero-order chi connectivity index (χ0) is 9.40. The molecule has 0 bridgehead atoms. The van der Waals surface area contributed by atoms with Crippen LogP contribution in [-0.2, 0) is 9.59 Å². The van der Waals surface area contributed by atoms with Gasteiger partial charge in [-0.15, -0.1) is 0 Å². The summed E-state index contributed by atoms with van der Waals surface area (Å²) in [6.07, 6.45) is 1.02. The van der Waals surface area contributed by atoms with Gasteiger partial charge in [0.1, 0.15) is 0 Å². The number of carbonyl (C=O) groups is 2. The molecule has 12 heavy (non-hydrogen) atoms. The van der Waals surface area contributed by atoms with E-state index in [1.165, 1.54) is 0 Å². The van der Waals surface area contributed by atoms with Gasteiger partial charge in [-0.2, -0.15) is 0 Å². The van der Waals surface area contributed by atoms with Crippen LogP contribution in [0.3, 0.4) is 0 Å². The number of hydrogen-bond donors (Lipinski definition) is 3. The molecule has 0 aromatic heterocycles. The molecule has 5 N–H and O–H groups in total. The fourth-order valence-electron chi connectivity index (χ4n) is 0.655. The molecule has 0 atom stereocenters. The van der Waals surface area contributed by atoms with Crippen molar-refractivity contribution in [3.8, 4) is 0 Å². The largest absolute Gasteiger partial charge is 0.370 e. The quantitative estimate of drug-likeness (QED) is 0.436. The minimum atomic E-state index is -0.455. The van der Waals surface area contributed by atoms with E-state index in [-0.39, 0.29) is 18.7 Å². The normalized spacial score (nSPS) is 9.42. The maximum Gasteiger partial charge on any atom is 0.220 e. The minimum Gasteiger partial charge on any atom is -0.370 e. The summed E-state index contributed by atoms with van der Waals surface area (Å²) in [5, 5.41) is 2.61. The fourth-order valence-corrected chi connectivity index (χ4v) is 0.655. The zero-order valence-electron chi connectivity index (χ0n) is 7.01. The lowest BCUT2D eigenvalue weighted by Gasteiger charge is -2.01. The van der Waals surface area contributed by atoms with Crippen molar-refractivity contribution in [1.29, 1.82) is 0 Å². The van der Waals surface area contributed by atoms with E-state index in [9.17, 15) is 9.59 Å². The molecular formula is C7H15N3O2. The summed E-state index contributed by atoms with van der Waals surface area (Å²) in [4.78, 5) is 21.1. The molecule has 0 fully saturated rings. The Morgan fingerprint density at radius 2 is 1.92 bits per heavy atom. The van der Waals surface area contributed by atoms with Gasteiger partial charge in [-0.05, 0) is 13.0 Å². The molecule has 0 saturated carbocycles. The maximum absolute atomic E-state index is 10.9. The van der Waals surface area contributed by atoms with Crippen molar-refractivity contribution >= 4 is 11.8 Å². The van der Waals surface area contributed by atoms with E-state index < -0.39 is 5.91 Å². The van der Waals surface area contributed by atoms with Crippen molar-refractivity contribution in [2.45, 2.75) is 19.3 Å². The van der Waals surface area contributed by atoms with Gasteiger partial charge < -0.3 is 16.8 Å². The third kappa shape index (κ3) is 7.01. The van der Waals surface area contributed by atoms with Crippen LogP contribution in [0, 0.1) is 0 Å². The number of primary amides is 1. The van der Waals surface area contributed by atoms with E-state index in [4.69, 9.17) is 11.5 Å². The summed E-state index contributed by atoms with van der Waals surface area (Å²) < 4.78 is 0. The van der Waals surface area contributed by atoms with Crippen LogP contribution < -0.4 is 16.8 Å². The van der Waals surface area contributed by atoms with E-state index >= 15 is 0 Å². The summed E-state index contributed by atoms with van der Waals surface area (Å²) in [6.45, 7) is 1.12. The van der Waals surface area contributed by atoms with Crippen LogP contribution in [0.4, 0.5) is 0 Å². The number of nitrogens with two attached hydrogens (primary N) is 2. The predicted molar refractivity (Wildman–Crippen MR) is 45.1 cm³/mol. The first-order valence-corrected chi connectivity index (χ1v) is 3.92. The molecule has 2 amide bonds. The molecule has 0 aliphatic carbocycles. The average Bonchev–Trinajstić information content (AvgIpc) is 2.01. The van der Waals surface area contributed by atoms with Crippen molar-refractivity contribution < 1.29 is 9.59 Å². The molecule has 0 rings (SSSR count). The molecule has 0 spiro atoms. The summed E-state index contributed by atoms with van der Waals surface area (Å²) in [7, 11) is 0. The van der Waals surface area contributed by atoms with Crippen molar-refractivity contribution in [2.75, 3.05) is 13.1 Å². The van der Waals surface area contributed by atoms with Crippen molar-refractivity contribution in [1.82, 2.24) is 5.32 Å². The van der Waals surface area contributed by atoms with Gasteiger partial charge in [0.05, 0.1) is 0 Å². The second-order valence-electron chi connectivity index (χ2n) is 2.46. The van der Waals surface area contributed by atoms with Crippen LogP contribution in [0.2, 0.25) is 0 Å². The zero-order valence-corrected chi connectivity index (χ0v) is 7.01. The van der Waals surface area contributed by atoms with E-state index in [0.29, 0.717) is 13.1 Å². The molecule has 5 heteroatoms. The van der Waals surface area contributed by atoms with Crippen LogP contribution in [0.15, 0.2) is 0 Å². The Hall–Kier alpha value is -1.10. The third-order valence-corrected chi connectivity index (χ3v) is 1.30. The predicted octanol–water partition coefficient (Wildman–Crippen LogP) is -1.28. The summed E-state index contributed by atoms with van der Waals surface area (Å²) in [5.41, 5.74) is 10.1. The molecule has 0 saturated heterocycles. The van der Waals surface area contributed by atoms with E-state index in [1.807, 2.05) is 0 Å². The van der Waals surface area contributed by atoms with Crippen LogP contribution >= 0.6 is 0 Å². The first kappa shape index (κ1) is 10.9. The molecule has 0 heterocycles. The summed E-state index contributed by atoms with van der Waals surface area (Å²) in [5.74, 6) is -0.605. The number of rotatable bonds is 6. The average molecular weight is 173 g/mol. The summed E-state index contributed by atoms with van der Waals surface area (Å²) >= 11 is 0. The molecule has 0 aliphatic heterocycles. The lowest BCUT2D eigenvalue weighted by Crippen LogP contribution is -2.27. The maximum atomic E-state index is 10.9. The van der Waals surface area contributed by atoms with Gasteiger partial charge in [-0.1, -0.05) is 0 Å².